The van der Waals surface area contributed by atoms with E-state index in [1.165, 1.54) is 12.1 Å². The monoisotopic (exact) mass is 314 g/mol. The zero-order chi connectivity index (χ0) is 13.7. The van der Waals surface area contributed by atoms with Crippen LogP contribution in [-0.2, 0) is 16.0 Å². The summed E-state index contributed by atoms with van der Waals surface area (Å²) in [5.41, 5.74) is 0.651. The molecule has 0 bridgehead atoms. The van der Waals surface area contributed by atoms with Crippen LogP contribution < -0.4 is 0 Å². The number of hydrogen-bond donors (Lipinski definition) is 2. The number of aldehydes is 1. The molecule has 0 heterocycles. The molecule has 0 saturated carbocycles. The van der Waals surface area contributed by atoms with E-state index in [4.69, 9.17) is 5.11 Å². The molecule has 2 N–H and O–H groups in total. The van der Waals surface area contributed by atoms with Crippen molar-refractivity contribution in [3.05, 3.63) is 34.9 Å². The number of benzene rings is 1. The first-order chi connectivity index (χ1) is 8.49. The number of carboxylic acids is 1. The minimum Gasteiger partial charge on any atom is -0.479 e. The molecule has 0 fully saturated rings. The van der Waals surface area contributed by atoms with Gasteiger partial charge in [0.1, 0.15) is 12.1 Å². The third-order valence-electron chi connectivity index (χ3n) is 2.36. The molecular formula is C12H11BrO5. The Kier molecular flexibility index (Phi) is 5.18. The fourth-order valence-corrected chi connectivity index (χ4v) is 1.68. The number of rotatable bonds is 6. The average Bonchev–Trinajstić information content (AvgIpc) is 2.37. The van der Waals surface area contributed by atoms with Gasteiger partial charge in [-0.15, -0.1) is 0 Å². The van der Waals surface area contributed by atoms with Gasteiger partial charge in [-0.05, 0) is 5.56 Å². The van der Waals surface area contributed by atoms with Gasteiger partial charge in [-0.3, -0.25) is 9.59 Å². The number of carbonyl (C=O) groups is 3. The number of aliphatic carboxylic acids is 1. The zero-order valence-electron chi connectivity index (χ0n) is 9.30. The van der Waals surface area contributed by atoms with Gasteiger partial charge >= 0.3 is 5.97 Å². The van der Waals surface area contributed by atoms with Crippen molar-refractivity contribution in [3.63, 3.8) is 0 Å². The normalized spacial score (nSPS) is 11.9. The molecule has 0 aliphatic rings. The predicted octanol–water partition coefficient (Wildman–Crippen LogP) is 1.12. The number of carboxylic acid groups (broad SMARTS) is 1. The number of carbonyl (C=O) groups excluding carboxylic acids is 2. The van der Waals surface area contributed by atoms with Gasteiger partial charge in [-0.1, -0.05) is 34.1 Å². The summed E-state index contributed by atoms with van der Waals surface area (Å²) < 4.78 is 0. The van der Waals surface area contributed by atoms with Crippen LogP contribution in [0.2, 0.25) is 0 Å². The predicted molar refractivity (Wildman–Crippen MR) is 66.9 cm³/mol. The van der Waals surface area contributed by atoms with Crippen molar-refractivity contribution < 1.29 is 24.6 Å². The molecular weight excluding hydrogens is 304 g/mol. The molecule has 96 valence electrons. The third-order valence-corrected chi connectivity index (χ3v) is 2.98. The highest BCUT2D eigenvalue weighted by Gasteiger charge is 2.20. The Morgan fingerprint density at radius 2 is 2.06 bits per heavy atom. The Morgan fingerprint density at radius 3 is 2.56 bits per heavy atom. The summed E-state index contributed by atoms with van der Waals surface area (Å²) in [5, 5.41) is 18.4. The molecule has 0 aliphatic carbocycles. The lowest BCUT2D eigenvalue weighted by atomic mass is 9.98. The molecule has 1 aromatic carbocycles. The molecule has 5 nitrogen and oxygen atoms in total. The lowest BCUT2D eigenvalue weighted by Crippen LogP contribution is -2.14. The second-order valence-electron chi connectivity index (χ2n) is 3.67. The van der Waals surface area contributed by atoms with Crippen LogP contribution in [-0.4, -0.2) is 33.6 Å². The van der Waals surface area contributed by atoms with Crippen LogP contribution in [0.5, 0.6) is 0 Å². The first-order valence-electron chi connectivity index (χ1n) is 5.06. The van der Waals surface area contributed by atoms with E-state index in [1.54, 1.807) is 6.07 Å². The fourth-order valence-electron chi connectivity index (χ4n) is 1.49. The smallest absolute Gasteiger partial charge is 0.337 e. The first-order valence-corrected chi connectivity index (χ1v) is 6.18. The summed E-state index contributed by atoms with van der Waals surface area (Å²) in [7, 11) is 0. The largest absolute Gasteiger partial charge is 0.479 e. The Hall–Kier alpha value is -1.53. The molecule has 6 heteroatoms. The fraction of sp³-hybridized carbons (Fsp3) is 0.250. The maximum absolute atomic E-state index is 11.3. The first kappa shape index (κ1) is 14.5. The van der Waals surface area contributed by atoms with Crippen LogP contribution in [0.25, 0.3) is 0 Å². The van der Waals surface area contributed by atoms with Crippen LogP contribution >= 0.6 is 15.9 Å². The van der Waals surface area contributed by atoms with Crippen molar-refractivity contribution in [1.29, 1.82) is 0 Å². The van der Waals surface area contributed by atoms with Crippen LogP contribution in [0.15, 0.2) is 18.2 Å². The van der Waals surface area contributed by atoms with Gasteiger partial charge in [0.05, 0.1) is 5.33 Å². The van der Waals surface area contributed by atoms with Crippen molar-refractivity contribution in [2.75, 3.05) is 5.33 Å². The van der Waals surface area contributed by atoms with Gasteiger partial charge in [0.15, 0.2) is 6.10 Å². The number of halogens is 1. The number of alkyl halides is 1. The SMILES string of the molecule is O=Cc1ccc(CC(=O)CBr)cc1C(O)C(=O)O. The van der Waals surface area contributed by atoms with Gasteiger partial charge in [-0.25, -0.2) is 4.79 Å². The lowest BCUT2D eigenvalue weighted by Gasteiger charge is -2.10. The minimum atomic E-state index is -1.77. The zero-order valence-corrected chi connectivity index (χ0v) is 10.9. The standard InChI is InChI=1S/C12H11BrO5/c13-5-9(15)3-7-1-2-8(6-14)10(4-7)11(16)12(17)18/h1-2,4,6,11,16H,3,5H2,(H,17,18). The molecule has 1 rings (SSSR count). The molecule has 0 amide bonds. The van der Waals surface area contributed by atoms with E-state index in [2.05, 4.69) is 15.9 Å². The van der Waals surface area contributed by atoms with Crippen LogP contribution in [0, 0.1) is 0 Å². The summed E-state index contributed by atoms with van der Waals surface area (Å²) in [4.78, 5) is 32.7. The molecule has 18 heavy (non-hydrogen) atoms. The quantitative estimate of drug-likeness (QED) is 0.606. The second kappa shape index (κ2) is 6.42. The highest BCUT2D eigenvalue weighted by molar-refractivity contribution is 9.09. The van der Waals surface area contributed by atoms with Crippen LogP contribution in [0.1, 0.15) is 27.6 Å². The number of Topliss-reactive ketones (excluding diaryl/α,β-unsaturated/α-hetero) is 1. The summed E-state index contributed by atoms with van der Waals surface area (Å²) >= 11 is 3.02. The third kappa shape index (κ3) is 3.48. The highest BCUT2D eigenvalue weighted by atomic mass is 79.9. The Morgan fingerprint density at radius 1 is 1.39 bits per heavy atom. The van der Waals surface area contributed by atoms with Crippen molar-refractivity contribution in [3.8, 4) is 0 Å². The minimum absolute atomic E-state index is 0.00243. The van der Waals surface area contributed by atoms with E-state index >= 15 is 0 Å². The van der Waals surface area contributed by atoms with Crippen molar-refractivity contribution >= 4 is 34.0 Å². The highest BCUT2D eigenvalue weighted by Crippen LogP contribution is 2.19. The summed E-state index contributed by atoms with van der Waals surface area (Å²) in [5.74, 6) is -1.52. The van der Waals surface area contributed by atoms with Gasteiger partial charge in [0.25, 0.3) is 0 Å². The lowest BCUT2D eigenvalue weighted by molar-refractivity contribution is -0.146. The summed E-state index contributed by atoms with van der Waals surface area (Å²) in [6.07, 6.45) is -1.19. The van der Waals surface area contributed by atoms with E-state index < -0.39 is 12.1 Å². The molecule has 0 spiro atoms. The molecule has 0 radical (unpaired) electrons. The van der Waals surface area contributed by atoms with Gasteiger partial charge in [0.2, 0.25) is 0 Å². The van der Waals surface area contributed by atoms with E-state index in [1.807, 2.05) is 0 Å². The molecule has 1 atom stereocenters. The molecule has 1 aromatic rings. The summed E-state index contributed by atoms with van der Waals surface area (Å²) in [6, 6.07) is 4.32. The molecule has 0 aliphatic heterocycles. The van der Waals surface area contributed by atoms with E-state index in [0.29, 0.717) is 11.8 Å². The Bertz CT molecular complexity index is 483. The van der Waals surface area contributed by atoms with Crippen molar-refractivity contribution in [1.82, 2.24) is 0 Å². The van der Waals surface area contributed by atoms with Crippen molar-refractivity contribution in [2.45, 2.75) is 12.5 Å². The van der Waals surface area contributed by atoms with Crippen molar-refractivity contribution in [2.24, 2.45) is 0 Å². The van der Waals surface area contributed by atoms with Crippen LogP contribution in [0.4, 0.5) is 0 Å². The average molecular weight is 315 g/mol. The van der Waals surface area contributed by atoms with E-state index in [-0.39, 0.29) is 28.7 Å². The Balaban J connectivity index is 3.13. The second-order valence-corrected chi connectivity index (χ2v) is 4.23. The maximum Gasteiger partial charge on any atom is 0.337 e. The maximum atomic E-state index is 11.3. The van der Waals surface area contributed by atoms with Crippen LogP contribution in [0.3, 0.4) is 0 Å². The van der Waals surface area contributed by atoms with Gasteiger partial charge in [-0.2, -0.15) is 0 Å². The Labute approximate surface area is 112 Å². The van der Waals surface area contributed by atoms with Gasteiger partial charge < -0.3 is 10.2 Å². The molecule has 0 saturated heterocycles. The van der Waals surface area contributed by atoms with E-state index in [9.17, 15) is 19.5 Å². The van der Waals surface area contributed by atoms with E-state index in [0.717, 1.165) is 0 Å². The molecule has 1 unspecified atom stereocenters. The number of aliphatic hydroxyl groups excluding tert-OH is 1. The number of aliphatic hydroxyl groups is 1. The topological polar surface area (TPSA) is 91.7 Å². The molecule has 0 aromatic heterocycles. The number of ketones is 1. The van der Waals surface area contributed by atoms with Gasteiger partial charge in [0, 0.05) is 17.5 Å². The summed E-state index contributed by atoms with van der Waals surface area (Å²) in [6.45, 7) is 0. The number of hydrogen-bond acceptors (Lipinski definition) is 4.